The molecule has 1 aromatic carbocycles. The molecule has 3 N–H and O–H groups in total. The summed E-state index contributed by atoms with van der Waals surface area (Å²) in [5, 5.41) is 16.9. The molecule has 0 amide bonds. The number of hydrogen-bond acceptors (Lipinski definition) is 2. The van der Waals surface area contributed by atoms with Crippen LogP contribution in [0.4, 0.5) is 0 Å². The molecular formula is C13H19BrN2OS. The van der Waals surface area contributed by atoms with E-state index in [1.807, 2.05) is 45.0 Å². The van der Waals surface area contributed by atoms with Crippen LogP contribution >= 0.6 is 28.1 Å². The molecule has 0 aliphatic rings. The number of aliphatic hydroxyl groups is 1. The van der Waals surface area contributed by atoms with E-state index in [-0.39, 0.29) is 12.1 Å². The summed E-state index contributed by atoms with van der Waals surface area (Å²) in [6.07, 6.45) is -0.593. The highest BCUT2D eigenvalue weighted by atomic mass is 79.9. The summed E-state index contributed by atoms with van der Waals surface area (Å²) >= 11 is 8.53. The molecular weight excluding hydrogens is 312 g/mol. The predicted octanol–water partition coefficient (Wildman–Crippen LogP) is 2.74. The Bertz CT molecular complexity index is 394. The van der Waals surface area contributed by atoms with Crippen molar-refractivity contribution in [2.24, 2.45) is 0 Å². The highest BCUT2D eigenvalue weighted by Crippen LogP contribution is 2.19. The third-order valence-corrected chi connectivity index (χ3v) is 3.23. The fourth-order valence-corrected chi connectivity index (χ4v) is 2.22. The molecule has 0 aromatic heterocycles. The molecule has 0 fully saturated rings. The normalized spacial score (nSPS) is 14.1. The fourth-order valence-electron chi connectivity index (χ4n) is 1.54. The molecule has 0 radical (unpaired) electrons. The summed E-state index contributed by atoms with van der Waals surface area (Å²) in [5.74, 6) is 0. The van der Waals surface area contributed by atoms with Gasteiger partial charge in [-0.3, -0.25) is 0 Å². The first-order valence-corrected chi connectivity index (χ1v) is 7.11. The number of aliphatic hydroxyl groups excluding tert-OH is 1. The van der Waals surface area contributed by atoms with E-state index in [0.717, 1.165) is 10.0 Å². The number of benzene rings is 1. The molecule has 1 rings (SSSR count). The molecule has 100 valence electrons. The van der Waals surface area contributed by atoms with Gasteiger partial charge in [0.05, 0.1) is 12.1 Å². The maximum atomic E-state index is 10.2. The zero-order chi connectivity index (χ0) is 13.7. The van der Waals surface area contributed by atoms with Crippen LogP contribution in [-0.2, 0) is 0 Å². The van der Waals surface area contributed by atoms with Gasteiger partial charge in [0.2, 0.25) is 0 Å². The Kier molecular flexibility index (Phi) is 6.05. The molecule has 0 spiro atoms. The van der Waals surface area contributed by atoms with Gasteiger partial charge in [-0.25, -0.2) is 0 Å². The topological polar surface area (TPSA) is 44.3 Å². The second kappa shape index (κ2) is 7.07. The summed E-state index contributed by atoms with van der Waals surface area (Å²) < 4.78 is 0.996. The van der Waals surface area contributed by atoms with Crippen molar-refractivity contribution in [3.63, 3.8) is 0 Å². The van der Waals surface area contributed by atoms with Gasteiger partial charge in [-0.1, -0.05) is 28.1 Å². The highest BCUT2D eigenvalue weighted by Gasteiger charge is 2.17. The van der Waals surface area contributed by atoms with Crippen molar-refractivity contribution >= 4 is 33.3 Å². The third kappa shape index (κ3) is 4.92. The summed E-state index contributed by atoms with van der Waals surface area (Å²) in [5.41, 5.74) is 0.866. The van der Waals surface area contributed by atoms with Crippen LogP contribution in [0, 0.1) is 0 Å². The maximum absolute atomic E-state index is 10.2. The van der Waals surface area contributed by atoms with Gasteiger partial charge >= 0.3 is 0 Å². The van der Waals surface area contributed by atoms with Crippen molar-refractivity contribution in [1.29, 1.82) is 0 Å². The number of thiocarbonyl (C=S) groups is 1. The molecule has 1 aromatic rings. The lowest BCUT2D eigenvalue weighted by Gasteiger charge is -2.23. The molecule has 0 unspecified atom stereocenters. The van der Waals surface area contributed by atoms with E-state index in [2.05, 4.69) is 26.6 Å². The Balaban J connectivity index is 2.58. The van der Waals surface area contributed by atoms with Crippen molar-refractivity contribution < 1.29 is 5.11 Å². The SMILES string of the molecule is CC(C)NC(=S)N[C@H](C)[C@H](O)c1ccc(Br)cc1. The fraction of sp³-hybridized carbons (Fsp3) is 0.462. The summed E-state index contributed by atoms with van der Waals surface area (Å²) in [4.78, 5) is 0. The lowest BCUT2D eigenvalue weighted by molar-refractivity contribution is 0.145. The van der Waals surface area contributed by atoms with Crippen LogP contribution in [-0.4, -0.2) is 22.3 Å². The minimum Gasteiger partial charge on any atom is -0.386 e. The van der Waals surface area contributed by atoms with Gasteiger partial charge in [0.1, 0.15) is 0 Å². The van der Waals surface area contributed by atoms with Gasteiger partial charge in [-0.2, -0.15) is 0 Å². The number of hydrogen-bond donors (Lipinski definition) is 3. The highest BCUT2D eigenvalue weighted by molar-refractivity contribution is 9.10. The van der Waals surface area contributed by atoms with E-state index in [1.54, 1.807) is 0 Å². The maximum Gasteiger partial charge on any atom is 0.166 e. The van der Waals surface area contributed by atoms with Gasteiger partial charge in [-0.15, -0.1) is 0 Å². The van der Waals surface area contributed by atoms with Gasteiger partial charge < -0.3 is 15.7 Å². The van der Waals surface area contributed by atoms with E-state index >= 15 is 0 Å². The minimum atomic E-state index is -0.593. The number of nitrogens with one attached hydrogen (secondary N) is 2. The first-order valence-electron chi connectivity index (χ1n) is 5.90. The van der Waals surface area contributed by atoms with Gasteiger partial charge in [0, 0.05) is 10.5 Å². The van der Waals surface area contributed by atoms with E-state index in [9.17, 15) is 5.11 Å². The Morgan fingerprint density at radius 2 is 1.72 bits per heavy atom. The summed E-state index contributed by atoms with van der Waals surface area (Å²) in [6.45, 7) is 5.94. The standard InChI is InChI=1S/C13H19BrN2OS/c1-8(2)15-13(18)16-9(3)12(17)10-4-6-11(14)7-5-10/h4-9,12,17H,1-3H3,(H2,15,16,18)/t9-,12+/m1/s1. The van der Waals surface area contributed by atoms with Crippen LogP contribution in [0.2, 0.25) is 0 Å². The Morgan fingerprint density at radius 3 is 2.22 bits per heavy atom. The average molecular weight is 331 g/mol. The smallest absolute Gasteiger partial charge is 0.166 e. The van der Waals surface area contributed by atoms with Crippen LogP contribution in [0.15, 0.2) is 28.7 Å². The molecule has 2 atom stereocenters. The van der Waals surface area contributed by atoms with E-state index in [1.165, 1.54) is 0 Å². The quantitative estimate of drug-likeness (QED) is 0.743. The first kappa shape index (κ1) is 15.4. The minimum absolute atomic E-state index is 0.148. The molecule has 0 saturated heterocycles. The Labute approximate surface area is 122 Å². The number of halogens is 1. The first-order chi connectivity index (χ1) is 8.40. The number of rotatable bonds is 4. The molecule has 0 saturated carbocycles. The van der Waals surface area contributed by atoms with Gasteiger partial charge in [0.25, 0.3) is 0 Å². The second-order valence-electron chi connectivity index (χ2n) is 4.56. The van der Waals surface area contributed by atoms with Crippen molar-refractivity contribution in [2.75, 3.05) is 0 Å². The van der Waals surface area contributed by atoms with E-state index in [4.69, 9.17) is 12.2 Å². The zero-order valence-electron chi connectivity index (χ0n) is 10.8. The summed E-state index contributed by atoms with van der Waals surface area (Å²) in [7, 11) is 0. The Hall–Kier alpha value is -0.650. The van der Waals surface area contributed by atoms with Crippen LogP contribution in [0.25, 0.3) is 0 Å². The van der Waals surface area contributed by atoms with E-state index < -0.39 is 6.10 Å². The van der Waals surface area contributed by atoms with Crippen LogP contribution in [0.1, 0.15) is 32.4 Å². The Morgan fingerprint density at radius 1 is 1.17 bits per heavy atom. The van der Waals surface area contributed by atoms with Crippen molar-refractivity contribution in [3.05, 3.63) is 34.3 Å². The predicted molar refractivity (Wildman–Crippen MR) is 82.6 cm³/mol. The van der Waals surface area contributed by atoms with Crippen molar-refractivity contribution in [1.82, 2.24) is 10.6 Å². The largest absolute Gasteiger partial charge is 0.386 e. The van der Waals surface area contributed by atoms with Gasteiger partial charge in [0.15, 0.2) is 5.11 Å². The monoisotopic (exact) mass is 330 g/mol. The van der Waals surface area contributed by atoms with Crippen LogP contribution in [0.3, 0.4) is 0 Å². The van der Waals surface area contributed by atoms with Crippen molar-refractivity contribution in [3.8, 4) is 0 Å². The molecule has 0 bridgehead atoms. The third-order valence-electron chi connectivity index (χ3n) is 2.46. The molecule has 3 nitrogen and oxygen atoms in total. The second-order valence-corrected chi connectivity index (χ2v) is 5.88. The summed E-state index contributed by atoms with van der Waals surface area (Å²) in [6, 6.07) is 7.75. The molecule has 0 aliphatic carbocycles. The van der Waals surface area contributed by atoms with Crippen LogP contribution in [0.5, 0.6) is 0 Å². The molecule has 18 heavy (non-hydrogen) atoms. The average Bonchev–Trinajstić information content (AvgIpc) is 2.27. The molecule has 0 aliphatic heterocycles. The molecule has 5 heteroatoms. The van der Waals surface area contributed by atoms with E-state index in [0.29, 0.717) is 5.11 Å². The lowest BCUT2D eigenvalue weighted by atomic mass is 10.0. The zero-order valence-corrected chi connectivity index (χ0v) is 13.2. The molecule has 0 heterocycles. The van der Waals surface area contributed by atoms with Crippen molar-refractivity contribution in [2.45, 2.75) is 39.0 Å². The van der Waals surface area contributed by atoms with Gasteiger partial charge in [-0.05, 0) is 50.7 Å². The lowest BCUT2D eigenvalue weighted by Crippen LogP contribution is -2.45. The van der Waals surface area contributed by atoms with Crippen LogP contribution < -0.4 is 10.6 Å².